The Hall–Kier alpha value is -3.43. The molecule has 0 fully saturated rings. The summed E-state index contributed by atoms with van der Waals surface area (Å²) in [4.78, 5) is 27.2. The van der Waals surface area contributed by atoms with Crippen LogP contribution >= 0.6 is 7.60 Å². The number of nitrogens with one attached hydrogen (secondary N) is 6. The molecule has 6 N–H and O–H groups in total. The zero-order valence-corrected chi connectivity index (χ0v) is 23.0. The molecule has 2 aromatic carbocycles. The molecule has 0 saturated heterocycles. The van der Waals surface area contributed by atoms with Gasteiger partial charge in [0, 0.05) is 65.0 Å². The van der Waals surface area contributed by atoms with Gasteiger partial charge in [-0.15, -0.1) is 0 Å². The van der Waals surface area contributed by atoms with Crippen LogP contribution in [0.25, 0.3) is 0 Å². The van der Waals surface area contributed by atoms with Crippen molar-refractivity contribution in [2.75, 3.05) is 80.8 Å². The normalized spacial score (nSPS) is 12.4. The summed E-state index contributed by atoms with van der Waals surface area (Å²) in [5.74, 6) is -1.03. The molecular formula is C24H37N6O5P. The van der Waals surface area contributed by atoms with E-state index in [9.17, 15) is 14.2 Å². The van der Waals surface area contributed by atoms with Crippen LogP contribution < -0.4 is 31.9 Å². The average molecular weight is 521 g/mol. The molecule has 0 bridgehead atoms. The second-order valence-electron chi connectivity index (χ2n) is 8.26. The lowest BCUT2D eigenvalue weighted by Crippen LogP contribution is -2.18. The van der Waals surface area contributed by atoms with E-state index in [1.54, 1.807) is 66.6 Å². The van der Waals surface area contributed by atoms with Gasteiger partial charge in [0.25, 0.3) is 5.52 Å². The third kappa shape index (κ3) is 6.22. The SMILES string of the molecule is CNc1cc(NC)c(C(=O)OP(=O)(OCC(C)C)C(=O)c2c(NC)cc(NC)cc2NC)c(NC)c1. The third-order valence-electron chi connectivity index (χ3n) is 5.38. The van der Waals surface area contributed by atoms with Crippen molar-refractivity contribution in [3.05, 3.63) is 35.4 Å². The summed E-state index contributed by atoms with van der Waals surface area (Å²) in [6.07, 6.45) is 0. The molecule has 0 aliphatic rings. The quantitative estimate of drug-likeness (QED) is 0.203. The van der Waals surface area contributed by atoms with Gasteiger partial charge >= 0.3 is 13.6 Å². The molecule has 1 unspecified atom stereocenters. The highest BCUT2D eigenvalue weighted by molar-refractivity contribution is 7.73. The Morgan fingerprint density at radius 2 is 1.11 bits per heavy atom. The first kappa shape index (κ1) is 28.8. The predicted molar refractivity (Wildman–Crippen MR) is 148 cm³/mol. The minimum absolute atomic E-state index is 0.0505. The minimum atomic E-state index is -4.65. The predicted octanol–water partition coefficient (Wildman–Crippen LogP) is 4.80. The Kier molecular flexibility index (Phi) is 10.0. The monoisotopic (exact) mass is 520 g/mol. The molecule has 0 heterocycles. The van der Waals surface area contributed by atoms with Crippen molar-refractivity contribution >= 4 is 53.2 Å². The van der Waals surface area contributed by atoms with Gasteiger partial charge in [0.2, 0.25) is 0 Å². The van der Waals surface area contributed by atoms with E-state index in [4.69, 9.17) is 9.05 Å². The van der Waals surface area contributed by atoms with Crippen molar-refractivity contribution in [1.29, 1.82) is 0 Å². The first-order chi connectivity index (χ1) is 17.1. The van der Waals surface area contributed by atoms with Crippen LogP contribution in [0, 0.1) is 5.92 Å². The second kappa shape index (κ2) is 12.5. The number of anilines is 6. The average Bonchev–Trinajstić information content (AvgIpc) is 2.89. The van der Waals surface area contributed by atoms with Gasteiger partial charge in [0.1, 0.15) is 5.56 Å². The first-order valence-corrected chi connectivity index (χ1v) is 13.1. The standard InChI is InChI=1S/C24H37N6O5P/c1-14(2)13-34-36(33,24(32)22-19(29-7)11-16(26-4)12-20(22)30-8)35-23(31)21-17(27-5)9-15(25-3)10-18(21)28-6/h9-12,14,25-30H,13H2,1-8H3. The van der Waals surface area contributed by atoms with E-state index in [1.807, 2.05) is 13.8 Å². The number of carbonyl (C=O) groups is 2. The molecule has 0 aliphatic heterocycles. The zero-order chi connectivity index (χ0) is 27.0. The first-order valence-electron chi connectivity index (χ1n) is 11.5. The van der Waals surface area contributed by atoms with E-state index in [1.165, 1.54) is 0 Å². The summed E-state index contributed by atoms with van der Waals surface area (Å²) in [6.45, 7) is 3.63. The van der Waals surface area contributed by atoms with Gasteiger partial charge < -0.3 is 36.4 Å². The van der Waals surface area contributed by atoms with Crippen molar-refractivity contribution < 1.29 is 23.2 Å². The molecule has 1 atom stereocenters. The summed E-state index contributed by atoms with van der Waals surface area (Å²) in [5.41, 5.74) is 2.30. The van der Waals surface area contributed by atoms with Crippen LogP contribution in [-0.4, -0.2) is 60.4 Å². The van der Waals surface area contributed by atoms with Crippen molar-refractivity contribution in [3.8, 4) is 0 Å². The van der Waals surface area contributed by atoms with Crippen molar-refractivity contribution in [2.45, 2.75) is 13.8 Å². The van der Waals surface area contributed by atoms with Crippen LogP contribution in [0.5, 0.6) is 0 Å². The van der Waals surface area contributed by atoms with Crippen molar-refractivity contribution in [2.24, 2.45) is 5.92 Å². The maximum absolute atomic E-state index is 14.1. The molecule has 198 valence electrons. The number of carbonyl (C=O) groups excluding carboxylic acids is 2. The maximum atomic E-state index is 14.1. The van der Waals surface area contributed by atoms with E-state index in [2.05, 4.69) is 31.9 Å². The molecule has 0 radical (unpaired) electrons. The van der Waals surface area contributed by atoms with Gasteiger partial charge in [-0.2, -0.15) is 0 Å². The molecule has 36 heavy (non-hydrogen) atoms. The van der Waals surface area contributed by atoms with E-state index in [0.717, 1.165) is 11.4 Å². The molecule has 0 spiro atoms. The molecule has 0 aliphatic carbocycles. The highest BCUT2D eigenvalue weighted by Crippen LogP contribution is 2.55. The van der Waals surface area contributed by atoms with Gasteiger partial charge in [0.05, 0.1) is 23.5 Å². The number of hydrogen-bond donors (Lipinski definition) is 6. The largest absolute Gasteiger partial charge is 0.453 e. The van der Waals surface area contributed by atoms with Crippen LogP contribution in [-0.2, 0) is 13.6 Å². The fourth-order valence-corrected chi connectivity index (χ4v) is 5.05. The molecule has 11 nitrogen and oxygen atoms in total. The van der Waals surface area contributed by atoms with E-state index < -0.39 is 19.1 Å². The number of rotatable bonds is 13. The fourth-order valence-electron chi connectivity index (χ4n) is 3.48. The second-order valence-corrected chi connectivity index (χ2v) is 10.1. The topological polar surface area (TPSA) is 142 Å². The van der Waals surface area contributed by atoms with Gasteiger partial charge in [0.15, 0.2) is 0 Å². The molecule has 2 rings (SSSR count). The molecule has 2 aromatic rings. The van der Waals surface area contributed by atoms with Crippen LogP contribution in [0.1, 0.15) is 34.6 Å². The molecular weight excluding hydrogens is 483 g/mol. The Balaban J connectivity index is 2.65. The summed E-state index contributed by atoms with van der Waals surface area (Å²) < 4.78 is 25.1. The molecule has 0 aromatic heterocycles. The smallest absolute Gasteiger partial charge is 0.388 e. The lowest BCUT2D eigenvalue weighted by atomic mass is 10.1. The molecule has 0 amide bonds. The van der Waals surface area contributed by atoms with Crippen LogP contribution in [0.4, 0.5) is 34.1 Å². The molecule has 0 saturated carbocycles. The Bertz CT molecular complexity index is 1100. The maximum Gasteiger partial charge on any atom is 0.453 e. The van der Waals surface area contributed by atoms with Crippen molar-refractivity contribution in [1.82, 2.24) is 0 Å². The number of benzene rings is 2. The Labute approximate surface area is 212 Å². The summed E-state index contributed by atoms with van der Waals surface area (Å²) >= 11 is 0. The summed E-state index contributed by atoms with van der Waals surface area (Å²) in [6, 6.07) is 6.79. The van der Waals surface area contributed by atoms with Gasteiger partial charge in [-0.3, -0.25) is 9.32 Å². The Morgan fingerprint density at radius 3 is 1.44 bits per heavy atom. The van der Waals surface area contributed by atoms with Crippen LogP contribution in [0.2, 0.25) is 0 Å². The van der Waals surface area contributed by atoms with E-state index in [0.29, 0.717) is 22.7 Å². The van der Waals surface area contributed by atoms with Crippen LogP contribution in [0.15, 0.2) is 24.3 Å². The highest BCUT2D eigenvalue weighted by atomic mass is 31.2. The zero-order valence-electron chi connectivity index (χ0n) is 22.1. The third-order valence-corrected chi connectivity index (χ3v) is 7.00. The summed E-state index contributed by atoms with van der Waals surface area (Å²) in [7, 11) is 5.40. The lowest BCUT2D eigenvalue weighted by molar-refractivity contribution is 0.0673. The van der Waals surface area contributed by atoms with Gasteiger partial charge in [-0.1, -0.05) is 13.8 Å². The van der Waals surface area contributed by atoms with E-state index >= 15 is 0 Å². The fraction of sp³-hybridized carbons (Fsp3) is 0.417. The van der Waals surface area contributed by atoms with Gasteiger partial charge in [-0.05, 0) is 30.2 Å². The summed E-state index contributed by atoms with van der Waals surface area (Å²) in [5, 5.41) is 17.8. The minimum Gasteiger partial charge on any atom is -0.388 e. The Morgan fingerprint density at radius 1 is 0.722 bits per heavy atom. The van der Waals surface area contributed by atoms with Crippen LogP contribution in [0.3, 0.4) is 0 Å². The number of hydrogen-bond acceptors (Lipinski definition) is 11. The van der Waals surface area contributed by atoms with Gasteiger partial charge in [-0.25, -0.2) is 9.36 Å². The van der Waals surface area contributed by atoms with E-state index in [-0.39, 0.29) is 23.7 Å². The lowest BCUT2D eigenvalue weighted by Gasteiger charge is -2.23. The van der Waals surface area contributed by atoms with Crippen molar-refractivity contribution in [3.63, 3.8) is 0 Å². The highest BCUT2D eigenvalue weighted by Gasteiger charge is 2.43. The molecule has 12 heteroatoms.